The summed E-state index contributed by atoms with van der Waals surface area (Å²) in [5, 5.41) is 7.04. The Hall–Kier alpha value is -2.41. The Labute approximate surface area is 110 Å². The van der Waals surface area contributed by atoms with Gasteiger partial charge in [0, 0.05) is 38.6 Å². The maximum atomic E-state index is 11.9. The number of nitrogens with two attached hydrogens (primary N) is 1. The van der Waals surface area contributed by atoms with Crippen LogP contribution in [-0.2, 0) is 13.5 Å². The quantitative estimate of drug-likeness (QED) is 0.522. The number of anilines is 1. The number of carbonyl (C=O) groups excluding carboxylic acids is 1. The summed E-state index contributed by atoms with van der Waals surface area (Å²) >= 11 is 0. The van der Waals surface area contributed by atoms with Crippen LogP contribution >= 0.6 is 0 Å². The van der Waals surface area contributed by atoms with E-state index in [1.54, 1.807) is 16.9 Å². The molecule has 0 bridgehead atoms. The van der Waals surface area contributed by atoms with Crippen LogP contribution in [-0.4, -0.2) is 27.2 Å². The molecule has 4 N–H and O–H groups in total. The fraction of sp³-hybridized carbons (Fsp3) is 0.250. The van der Waals surface area contributed by atoms with E-state index in [2.05, 4.69) is 20.8 Å². The molecule has 0 atom stereocenters. The van der Waals surface area contributed by atoms with Crippen molar-refractivity contribution in [1.82, 2.24) is 20.1 Å². The van der Waals surface area contributed by atoms with Gasteiger partial charge in [-0.15, -0.1) is 0 Å². The maximum absolute atomic E-state index is 11.9. The van der Waals surface area contributed by atoms with Gasteiger partial charge < -0.3 is 10.7 Å². The summed E-state index contributed by atoms with van der Waals surface area (Å²) in [6, 6.07) is 3.57. The largest absolute Gasteiger partial charge is 0.352 e. The molecule has 0 saturated carbocycles. The number of amides is 1. The number of hydrazine groups is 1. The monoisotopic (exact) mass is 260 g/mol. The number of rotatable bonds is 5. The summed E-state index contributed by atoms with van der Waals surface area (Å²) in [5.41, 5.74) is 4.38. The van der Waals surface area contributed by atoms with Gasteiger partial charge in [-0.25, -0.2) is 0 Å². The Morgan fingerprint density at radius 3 is 3.00 bits per heavy atom. The van der Waals surface area contributed by atoms with E-state index in [0.29, 0.717) is 24.2 Å². The SMILES string of the molecule is Cn1ccc(CCNC(=O)c2cnccc2NN)n1. The number of pyridine rings is 1. The highest BCUT2D eigenvalue weighted by Crippen LogP contribution is 2.11. The molecule has 1 amide bonds. The molecule has 7 nitrogen and oxygen atoms in total. The lowest BCUT2D eigenvalue weighted by Crippen LogP contribution is -2.27. The average Bonchev–Trinajstić information content (AvgIpc) is 2.84. The third kappa shape index (κ3) is 3.29. The van der Waals surface area contributed by atoms with E-state index < -0.39 is 0 Å². The summed E-state index contributed by atoms with van der Waals surface area (Å²) in [7, 11) is 1.86. The second-order valence-electron chi connectivity index (χ2n) is 4.05. The van der Waals surface area contributed by atoms with Crippen molar-refractivity contribution in [3.63, 3.8) is 0 Å². The molecule has 2 rings (SSSR count). The molecule has 7 heteroatoms. The molecular weight excluding hydrogens is 244 g/mol. The van der Waals surface area contributed by atoms with Crippen molar-refractivity contribution >= 4 is 11.6 Å². The summed E-state index contributed by atoms with van der Waals surface area (Å²) in [6.45, 7) is 0.509. The Kier molecular flexibility index (Phi) is 4.09. The Bertz CT molecular complexity index is 565. The minimum atomic E-state index is -0.211. The van der Waals surface area contributed by atoms with E-state index in [9.17, 15) is 4.79 Å². The zero-order valence-corrected chi connectivity index (χ0v) is 10.6. The van der Waals surface area contributed by atoms with Gasteiger partial charge >= 0.3 is 0 Å². The standard InChI is InChI=1S/C12H16N6O/c1-18-7-4-9(17-18)2-6-15-12(19)10-8-14-5-3-11(10)16-13/h3-5,7-8H,2,6,13H2,1H3,(H,14,16)(H,15,19). The van der Waals surface area contributed by atoms with Gasteiger partial charge in [-0.1, -0.05) is 0 Å². The molecular formula is C12H16N6O. The zero-order valence-electron chi connectivity index (χ0n) is 10.6. The molecule has 0 aliphatic carbocycles. The summed E-state index contributed by atoms with van der Waals surface area (Å²) < 4.78 is 1.73. The summed E-state index contributed by atoms with van der Waals surface area (Å²) in [6.07, 6.45) is 5.60. The van der Waals surface area contributed by atoms with Crippen LogP contribution in [0.25, 0.3) is 0 Å². The van der Waals surface area contributed by atoms with Crippen LogP contribution in [0.3, 0.4) is 0 Å². The lowest BCUT2D eigenvalue weighted by molar-refractivity contribution is 0.0954. The van der Waals surface area contributed by atoms with Gasteiger partial charge in [0.05, 0.1) is 16.9 Å². The lowest BCUT2D eigenvalue weighted by atomic mass is 10.2. The van der Waals surface area contributed by atoms with Crippen molar-refractivity contribution < 1.29 is 4.79 Å². The van der Waals surface area contributed by atoms with Gasteiger partial charge in [-0.3, -0.25) is 20.3 Å². The second-order valence-corrected chi connectivity index (χ2v) is 4.05. The van der Waals surface area contributed by atoms with Gasteiger partial charge in [0.1, 0.15) is 0 Å². The lowest BCUT2D eigenvalue weighted by Gasteiger charge is -2.08. The van der Waals surface area contributed by atoms with Gasteiger partial charge in [0.2, 0.25) is 0 Å². The zero-order chi connectivity index (χ0) is 13.7. The Morgan fingerprint density at radius 2 is 2.32 bits per heavy atom. The van der Waals surface area contributed by atoms with Crippen LogP contribution in [0.2, 0.25) is 0 Å². The van der Waals surface area contributed by atoms with E-state index in [4.69, 9.17) is 5.84 Å². The first kappa shape index (κ1) is 13.0. The van der Waals surface area contributed by atoms with Gasteiger partial charge in [-0.2, -0.15) is 5.10 Å². The smallest absolute Gasteiger partial charge is 0.255 e. The van der Waals surface area contributed by atoms with Crippen molar-refractivity contribution in [3.05, 3.63) is 42.0 Å². The number of aryl methyl sites for hydroxylation is 1. The van der Waals surface area contributed by atoms with Crippen LogP contribution in [0.15, 0.2) is 30.7 Å². The molecule has 0 saturated heterocycles. The number of nitrogens with zero attached hydrogens (tertiary/aromatic N) is 3. The third-order valence-electron chi connectivity index (χ3n) is 2.66. The number of carbonyl (C=O) groups is 1. The third-order valence-corrected chi connectivity index (χ3v) is 2.66. The molecule has 0 unspecified atom stereocenters. The van der Waals surface area contributed by atoms with Crippen molar-refractivity contribution in [2.24, 2.45) is 12.9 Å². The van der Waals surface area contributed by atoms with Crippen LogP contribution in [0.5, 0.6) is 0 Å². The minimum absolute atomic E-state index is 0.211. The van der Waals surface area contributed by atoms with Crippen molar-refractivity contribution in [2.75, 3.05) is 12.0 Å². The van der Waals surface area contributed by atoms with Crippen molar-refractivity contribution in [2.45, 2.75) is 6.42 Å². The molecule has 0 spiro atoms. The number of aromatic nitrogens is 3. The molecule has 0 aliphatic rings. The number of nitrogens with one attached hydrogen (secondary N) is 2. The number of nitrogen functional groups attached to an aromatic ring is 1. The highest BCUT2D eigenvalue weighted by molar-refractivity contribution is 5.99. The molecule has 2 aromatic heterocycles. The molecule has 0 aliphatic heterocycles. The van der Waals surface area contributed by atoms with Crippen molar-refractivity contribution in [3.8, 4) is 0 Å². The van der Waals surface area contributed by atoms with Crippen LogP contribution in [0.1, 0.15) is 16.1 Å². The van der Waals surface area contributed by atoms with Gasteiger partial charge in [0.25, 0.3) is 5.91 Å². The first-order chi connectivity index (χ1) is 9.20. The molecule has 2 heterocycles. The Morgan fingerprint density at radius 1 is 1.47 bits per heavy atom. The van der Waals surface area contributed by atoms with E-state index >= 15 is 0 Å². The highest BCUT2D eigenvalue weighted by Gasteiger charge is 2.10. The Balaban J connectivity index is 1.90. The molecule has 2 aromatic rings. The predicted octanol–water partition coefficient (Wildman–Crippen LogP) is 0.0732. The molecule has 0 radical (unpaired) electrons. The van der Waals surface area contributed by atoms with E-state index in [1.165, 1.54) is 6.20 Å². The van der Waals surface area contributed by atoms with E-state index in [1.807, 2.05) is 19.3 Å². The molecule has 19 heavy (non-hydrogen) atoms. The average molecular weight is 260 g/mol. The molecule has 0 fully saturated rings. The first-order valence-electron chi connectivity index (χ1n) is 5.88. The normalized spacial score (nSPS) is 10.2. The van der Waals surface area contributed by atoms with E-state index in [-0.39, 0.29) is 5.91 Å². The maximum Gasteiger partial charge on any atom is 0.255 e. The highest BCUT2D eigenvalue weighted by atomic mass is 16.1. The second kappa shape index (κ2) is 5.96. The first-order valence-corrected chi connectivity index (χ1v) is 5.88. The predicted molar refractivity (Wildman–Crippen MR) is 71.3 cm³/mol. The van der Waals surface area contributed by atoms with Gasteiger partial charge in [-0.05, 0) is 12.1 Å². The molecule has 0 aromatic carbocycles. The topological polar surface area (TPSA) is 97.9 Å². The van der Waals surface area contributed by atoms with Gasteiger partial charge in [0.15, 0.2) is 0 Å². The fourth-order valence-electron chi connectivity index (χ4n) is 1.70. The minimum Gasteiger partial charge on any atom is -0.352 e. The van der Waals surface area contributed by atoms with E-state index in [0.717, 1.165) is 5.69 Å². The van der Waals surface area contributed by atoms with Crippen LogP contribution in [0, 0.1) is 0 Å². The number of hydrogen-bond acceptors (Lipinski definition) is 5. The fourth-order valence-corrected chi connectivity index (χ4v) is 1.70. The number of hydrogen-bond donors (Lipinski definition) is 3. The van der Waals surface area contributed by atoms with Crippen LogP contribution < -0.4 is 16.6 Å². The van der Waals surface area contributed by atoms with Crippen molar-refractivity contribution in [1.29, 1.82) is 0 Å². The van der Waals surface area contributed by atoms with Crippen LogP contribution in [0.4, 0.5) is 5.69 Å². The molecule has 100 valence electrons. The summed E-state index contributed by atoms with van der Waals surface area (Å²) in [4.78, 5) is 15.9. The summed E-state index contributed by atoms with van der Waals surface area (Å²) in [5.74, 6) is 5.13.